The average Bonchev–Trinajstić information content (AvgIpc) is 3.48. The van der Waals surface area contributed by atoms with Crippen LogP contribution in [-0.2, 0) is 43.8 Å². The van der Waals surface area contributed by atoms with Gasteiger partial charge in [-0.3, -0.25) is 38.5 Å². The molecule has 63 heavy (non-hydrogen) atoms. The molecule has 1 saturated heterocycles. The number of aliphatic carboxylic acids is 2. The van der Waals surface area contributed by atoms with Gasteiger partial charge in [0.2, 0.25) is 29.5 Å². The lowest BCUT2D eigenvalue weighted by atomic mass is 9.76. The number of likely N-dealkylation sites (N-methyl/N-ethyl adjacent to an activating group) is 2. The Bertz CT molecular complexity index is 2060. The third kappa shape index (κ3) is 13.9. The number of ketones is 1. The highest BCUT2D eigenvalue weighted by Gasteiger charge is 2.42. The van der Waals surface area contributed by atoms with Gasteiger partial charge in [0.25, 0.3) is 0 Å². The Hall–Kier alpha value is -5.13. The van der Waals surface area contributed by atoms with E-state index in [0.717, 1.165) is 33.0 Å². The number of hydrogen-bond donors (Lipinski definition) is 6. The number of Topliss-reactive ketones (excluding diaryl/α,β-unsaturated/α-hetero) is 1. The van der Waals surface area contributed by atoms with Crippen LogP contribution in [0.1, 0.15) is 93.1 Å². The lowest BCUT2D eigenvalue weighted by molar-refractivity contribution is -0.142. The first-order valence-electron chi connectivity index (χ1n) is 21.2. The number of carboxylic acid groups (broad SMARTS) is 2. The van der Waals surface area contributed by atoms with Gasteiger partial charge in [0.15, 0.2) is 0 Å². The largest absolute Gasteiger partial charge is 0.480 e. The number of rotatable bonds is 23. The van der Waals surface area contributed by atoms with Gasteiger partial charge in [-0.2, -0.15) is 0 Å². The van der Waals surface area contributed by atoms with E-state index in [0.29, 0.717) is 0 Å². The SMILES string of the molecule is CN[C@H](C(=O)N[C@H](C(=O)N(C)[C@H](/C=C(\C)C(=O)N[C@H](CCC(=O)CCCN1C(=O)CC(SC[C@H](N)C(=O)O)C1=O)C(=O)O)C(C)C)C(C)(C)C)C(C)(C)c1ccc2ccccc2c1. The third-order valence-corrected chi connectivity index (χ3v) is 12.9. The van der Waals surface area contributed by atoms with Gasteiger partial charge in [0.05, 0.1) is 17.3 Å². The smallest absolute Gasteiger partial charge is 0.326 e. The number of carbonyl (C=O) groups is 8. The number of thioether (sulfide) groups is 1. The lowest BCUT2D eigenvalue weighted by Gasteiger charge is -2.40. The molecule has 17 heteroatoms. The first-order chi connectivity index (χ1) is 29.3. The topological polar surface area (TPSA) is 246 Å². The summed E-state index contributed by atoms with van der Waals surface area (Å²) in [7, 11) is 3.31. The van der Waals surface area contributed by atoms with Crippen LogP contribution in [0.2, 0.25) is 0 Å². The standard InChI is InChI=1S/C46H66N6O10S/c1-26(2)34(51(10)42(58)38(45(4,5)6)50-40(56)37(48-9)46(7,8)30-18-17-28-14-11-12-15-29(28)23-30)22-27(3)39(55)49-33(44(61)62)20-19-31(53)16-13-21-52-36(54)24-35(41(52)57)63-25-32(47)43(59)60/h11-12,14-15,17-18,22-23,26,32-35,37-38,48H,13,16,19-21,24-25,47H2,1-10H3,(H,49,55)(H,50,56)(H,59,60)(H,61,62)/b27-22+/t32-,33+,34+,35?,37+,38+/m0/s1. The Morgan fingerprint density at radius 2 is 1.57 bits per heavy atom. The number of carboxylic acids is 2. The van der Waals surface area contributed by atoms with Crippen LogP contribution in [0, 0.1) is 11.3 Å². The summed E-state index contributed by atoms with van der Waals surface area (Å²) in [4.78, 5) is 105. The Labute approximate surface area is 374 Å². The zero-order valence-corrected chi connectivity index (χ0v) is 39.0. The summed E-state index contributed by atoms with van der Waals surface area (Å²) in [5.41, 5.74) is 5.19. The summed E-state index contributed by atoms with van der Waals surface area (Å²) in [5.74, 6) is -5.46. The molecule has 0 saturated carbocycles. The van der Waals surface area contributed by atoms with Crippen molar-refractivity contribution in [2.24, 2.45) is 17.1 Å². The van der Waals surface area contributed by atoms with Crippen molar-refractivity contribution in [3.8, 4) is 0 Å². The van der Waals surface area contributed by atoms with Gasteiger partial charge in [-0.05, 0) is 54.5 Å². The lowest BCUT2D eigenvalue weighted by Crippen LogP contribution is -2.61. The van der Waals surface area contributed by atoms with Crippen LogP contribution in [0.15, 0.2) is 54.1 Å². The maximum atomic E-state index is 14.4. The molecule has 2 aromatic carbocycles. The second kappa shape index (κ2) is 22.5. The van der Waals surface area contributed by atoms with Crippen LogP contribution in [0.25, 0.3) is 10.8 Å². The summed E-state index contributed by atoms with van der Waals surface area (Å²) in [6, 6.07) is 9.20. The number of nitrogens with one attached hydrogen (secondary N) is 3. The summed E-state index contributed by atoms with van der Waals surface area (Å²) < 4.78 is 0. The van der Waals surface area contributed by atoms with Crippen LogP contribution in [0.5, 0.6) is 0 Å². The monoisotopic (exact) mass is 894 g/mol. The number of benzene rings is 2. The van der Waals surface area contributed by atoms with Gasteiger partial charge >= 0.3 is 11.9 Å². The van der Waals surface area contributed by atoms with E-state index in [-0.39, 0.29) is 73.5 Å². The van der Waals surface area contributed by atoms with Crippen molar-refractivity contribution in [2.45, 2.75) is 128 Å². The fourth-order valence-electron chi connectivity index (χ4n) is 7.59. The Balaban J connectivity index is 1.64. The molecule has 0 aromatic heterocycles. The molecule has 1 aliphatic rings. The Morgan fingerprint density at radius 3 is 2.14 bits per heavy atom. The second-order valence-corrected chi connectivity index (χ2v) is 19.5. The Morgan fingerprint density at radius 1 is 0.937 bits per heavy atom. The Kier molecular flexibility index (Phi) is 18.6. The van der Waals surface area contributed by atoms with Crippen LogP contribution >= 0.6 is 11.8 Å². The van der Waals surface area contributed by atoms with Crippen molar-refractivity contribution in [1.82, 2.24) is 25.8 Å². The van der Waals surface area contributed by atoms with Gasteiger partial charge < -0.3 is 36.8 Å². The van der Waals surface area contributed by atoms with Gasteiger partial charge in [0, 0.05) is 49.6 Å². The quantitative estimate of drug-likeness (QED) is 0.0691. The maximum absolute atomic E-state index is 14.4. The van der Waals surface area contributed by atoms with Crippen molar-refractivity contribution in [3.63, 3.8) is 0 Å². The number of carbonyl (C=O) groups excluding carboxylic acids is 6. The highest BCUT2D eigenvalue weighted by Crippen LogP contribution is 2.32. The number of imide groups is 1. The number of amides is 5. The predicted molar refractivity (Wildman–Crippen MR) is 243 cm³/mol. The van der Waals surface area contributed by atoms with Crippen molar-refractivity contribution in [2.75, 3.05) is 26.4 Å². The first kappa shape index (κ1) is 52.2. The predicted octanol–water partition coefficient (Wildman–Crippen LogP) is 3.64. The first-order valence-corrected chi connectivity index (χ1v) is 22.3. The van der Waals surface area contributed by atoms with E-state index in [4.69, 9.17) is 10.8 Å². The molecule has 1 aliphatic heterocycles. The normalized spacial score (nSPS) is 17.2. The zero-order chi connectivity index (χ0) is 47.6. The average molecular weight is 895 g/mol. The molecule has 5 amide bonds. The molecule has 16 nitrogen and oxygen atoms in total. The number of nitrogens with two attached hydrogens (primary N) is 1. The summed E-state index contributed by atoms with van der Waals surface area (Å²) in [6.45, 7) is 14.8. The number of likely N-dealkylation sites (tertiary alicyclic amines) is 1. The van der Waals surface area contributed by atoms with E-state index < -0.39 is 75.9 Å². The third-order valence-electron chi connectivity index (χ3n) is 11.6. The summed E-state index contributed by atoms with van der Waals surface area (Å²) in [6.07, 6.45) is 1.21. The van der Waals surface area contributed by atoms with E-state index in [2.05, 4.69) is 22.0 Å². The van der Waals surface area contributed by atoms with Gasteiger partial charge in [0.1, 0.15) is 23.9 Å². The highest BCUT2D eigenvalue weighted by atomic mass is 32.2. The minimum absolute atomic E-state index is 0.0217. The maximum Gasteiger partial charge on any atom is 0.326 e. The van der Waals surface area contributed by atoms with Crippen LogP contribution in [0.4, 0.5) is 0 Å². The molecule has 346 valence electrons. The van der Waals surface area contributed by atoms with Gasteiger partial charge in [-0.1, -0.05) is 97.0 Å². The van der Waals surface area contributed by atoms with E-state index in [1.165, 1.54) is 11.8 Å². The van der Waals surface area contributed by atoms with Crippen molar-refractivity contribution in [1.29, 1.82) is 0 Å². The van der Waals surface area contributed by atoms with Crippen molar-refractivity contribution in [3.05, 3.63) is 59.7 Å². The molecule has 2 aromatic rings. The van der Waals surface area contributed by atoms with E-state index in [1.54, 1.807) is 20.2 Å². The minimum Gasteiger partial charge on any atom is -0.480 e. The molecule has 1 fully saturated rings. The number of nitrogens with zero attached hydrogens (tertiary/aromatic N) is 2. The fourth-order valence-corrected chi connectivity index (χ4v) is 8.70. The molecule has 6 atom stereocenters. The molecule has 0 radical (unpaired) electrons. The van der Waals surface area contributed by atoms with Gasteiger partial charge in [-0.25, -0.2) is 4.79 Å². The van der Waals surface area contributed by atoms with Crippen molar-refractivity contribution >= 4 is 69.8 Å². The minimum atomic E-state index is -1.40. The van der Waals surface area contributed by atoms with E-state index in [1.807, 2.05) is 84.9 Å². The van der Waals surface area contributed by atoms with Crippen LogP contribution in [0.3, 0.4) is 0 Å². The van der Waals surface area contributed by atoms with E-state index in [9.17, 15) is 43.5 Å². The summed E-state index contributed by atoms with van der Waals surface area (Å²) in [5, 5.41) is 29.0. The number of fused-ring (bicyclic) bond motifs is 1. The molecule has 3 rings (SSSR count). The molecule has 1 unspecified atom stereocenters. The van der Waals surface area contributed by atoms with Crippen molar-refractivity contribution < 1.29 is 48.6 Å². The van der Waals surface area contributed by atoms with Gasteiger partial charge in [-0.15, -0.1) is 11.8 Å². The molecule has 7 N–H and O–H groups in total. The zero-order valence-electron chi connectivity index (χ0n) is 38.2. The van der Waals surface area contributed by atoms with Crippen LogP contribution < -0.4 is 21.7 Å². The highest BCUT2D eigenvalue weighted by molar-refractivity contribution is 8.00. The molecule has 1 heterocycles. The fraction of sp³-hybridized carbons (Fsp3) is 0.565. The molecule has 0 spiro atoms. The molecular weight excluding hydrogens is 829 g/mol. The molecule has 0 bridgehead atoms. The van der Waals surface area contributed by atoms with Crippen LogP contribution in [-0.4, -0.2) is 129 Å². The molecule has 0 aliphatic carbocycles. The summed E-state index contributed by atoms with van der Waals surface area (Å²) >= 11 is 0.997. The van der Waals surface area contributed by atoms with E-state index >= 15 is 0 Å². The second-order valence-electron chi connectivity index (χ2n) is 18.2. The molecular formula is C46H66N6O10S. The number of hydrogen-bond acceptors (Lipinski definition) is 11.